The standard InChI is InChI=1S/C45H46B18N4/c46-23-19-20-24(47)30(53)38(61)40(63)42(20)67(41(19)39(62)37(60)29(23)52)18-10-16-14-8-4-2-6-12(14)11-5-1-3-7-13(11)15(16)9-17(18)43-64-44(21-25(48)31(54)35(58)32(55)26(21)49)66-45(65-43)22-27(50)33(56)36(59)34(57)28(22)51/h1-10H,46-63H2. The summed E-state index contributed by atoms with van der Waals surface area (Å²) in [6.45, 7) is 0. The zero-order valence-corrected chi connectivity index (χ0v) is 43.1. The second kappa shape index (κ2) is 16.1. The van der Waals surface area contributed by atoms with Crippen LogP contribution >= 0.6 is 0 Å². The van der Waals surface area contributed by atoms with Crippen molar-refractivity contribution in [3.63, 3.8) is 0 Å². The number of benzene rings is 8. The largest absolute Gasteiger partial charge is 0.310 e. The van der Waals surface area contributed by atoms with Gasteiger partial charge in [-0.15, -0.1) is 43.7 Å². The molecule has 0 aliphatic carbocycles. The fourth-order valence-electron chi connectivity index (χ4n) is 11.8. The fraction of sp³-hybridized carbons (Fsp3) is 0. The number of nitrogens with zero attached hydrogens (tertiary/aromatic N) is 4. The van der Waals surface area contributed by atoms with E-state index in [1.807, 2.05) is 0 Å². The van der Waals surface area contributed by atoms with Crippen LogP contribution in [-0.4, -0.2) is 161 Å². The minimum Gasteiger partial charge on any atom is -0.310 e. The van der Waals surface area contributed by atoms with Gasteiger partial charge in [0.05, 0.1) is 5.69 Å². The Hall–Kier alpha value is -5.48. The summed E-state index contributed by atoms with van der Waals surface area (Å²) in [6.07, 6.45) is 0. The lowest BCUT2D eigenvalue weighted by Crippen LogP contribution is -2.55. The molecule has 300 valence electrons. The smallest absolute Gasteiger partial charge is 0.166 e. The van der Waals surface area contributed by atoms with Crippen molar-refractivity contribution in [3.8, 4) is 39.9 Å². The van der Waals surface area contributed by atoms with Crippen LogP contribution < -0.4 is 98.3 Å². The molecule has 0 spiro atoms. The molecule has 4 nitrogen and oxygen atoms in total. The minimum absolute atomic E-state index is 0.671. The van der Waals surface area contributed by atoms with Crippen LogP contribution in [0.2, 0.25) is 0 Å². The molecule has 67 heavy (non-hydrogen) atoms. The van der Waals surface area contributed by atoms with E-state index in [0.29, 0.717) is 17.5 Å². The van der Waals surface area contributed by atoms with Gasteiger partial charge in [0.1, 0.15) is 141 Å². The van der Waals surface area contributed by atoms with Gasteiger partial charge in [0.25, 0.3) is 0 Å². The zero-order chi connectivity index (χ0) is 48.0. The van der Waals surface area contributed by atoms with E-state index >= 15 is 0 Å². The number of hydrogen-bond donors (Lipinski definition) is 0. The molecular weight excluding hydrogens is 791 g/mol. The topological polar surface area (TPSA) is 43.6 Å². The average Bonchev–Trinajstić information content (AvgIpc) is 3.70. The van der Waals surface area contributed by atoms with E-state index in [4.69, 9.17) is 15.0 Å². The zero-order valence-electron chi connectivity index (χ0n) is 43.1. The quantitative estimate of drug-likeness (QED) is 0.131. The molecule has 8 aromatic carbocycles. The average molecular weight is 838 g/mol. The third kappa shape index (κ3) is 6.36. The monoisotopic (exact) mass is 841 g/mol. The van der Waals surface area contributed by atoms with Gasteiger partial charge in [-0.2, -0.15) is 0 Å². The van der Waals surface area contributed by atoms with Crippen LogP contribution in [0.5, 0.6) is 0 Å². The van der Waals surface area contributed by atoms with Gasteiger partial charge in [0.15, 0.2) is 17.5 Å². The van der Waals surface area contributed by atoms with Crippen LogP contribution in [0.3, 0.4) is 0 Å². The highest BCUT2D eigenvalue weighted by Gasteiger charge is 2.28. The van der Waals surface area contributed by atoms with E-state index in [-0.39, 0.29) is 0 Å². The lowest BCUT2D eigenvalue weighted by Gasteiger charge is -2.23. The van der Waals surface area contributed by atoms with Gasteiger partial charge in [0.2, 0.25) is 0 Å². The highest BCUT2D eigenvalue weighted by Crippen LogP contribution is 2.41. The molecule has 2 aromatic heterocycles. The first kappa shape index (κ1) is 45.3. The molecule has 0 aliphatic rings. The predicted octanol–water partition coefficient (Wildman–Crippen LogP) is -19.9. The van der Waals surface area contributed by atoms with Gasteiger partial charge in [0, 0.05) is 27.7 Å². The fourth-order valence-corrected chi connectivity index (χ4v) is 11.8. The van der Waals surface area contributed by atoms with E-state index < -0.39 is 0 Å². The molecule has 10 rings (SSSR count). The van der Waals surface area contributed by atoms with Crippen LogP contribution in [0.1, 0.15) is 0 Å². The molecule has 0 fully saturated rings. The Bertz CT molecular complexity index is 3700. The first-order valence-corrected chi connectivity index (χ1v) is 24.1. The van der Waals surface area contributed by atoms with Crippen LogP contribution in [0.15, 0.2) is 60.7 Å². The highest BCUT2D eigenvalue weighted by atomic mass is 15.1. The van der Waals surface area contributed by atoms with Gasteiger partial charge in [-0.3, -0.25) is 0 Å². The lowest BCUT2D eigenvalue weighted by atomic mass is 9.60. The summed E-state index contributed by atoms with van der Waals surface area (Å²) in [7, 11) is 40.9. The van der Waals surface area contributed by atoms with E-state index in [0.717, 1.165) is 22.4 Å². The summed E-state index contributed by atoms with van der Waals surface area (Å²) >= 11 is 0. The van der Waals surface area contributed by atoms with Crippen LogP contribution in [-0.2, 0) is 0 Å². The molecular formula is C45H46B18N4. The molecule has 0 N–H and O–H groups in total. The Morgan fingerprint density at radius 1 is 0.284 bits per heavy atom. The van der Waals surface area contributed by atoms with E-state index in [1.165, 1.54) is 152 Å². The summed E-state index contributed by atoms with van der Waals surface area (Å²) < 4.78 is 2.61. The Morgan fingerprint density at radius 3 is 0.940 bits per heavy atom. The molecule has 0 radical (unpaired) electrons. The van der Waals surface area contributed by atoms with E-state index in [9.17, 15) is 0 Å². The Labute approximate surface area is 411 Å². The Kier molecular flexibility index (Phi) is 10.9. The number of rotatable bonds is 4. The van der Waals surface area contributed by atoms with Crippen LogP contribution in [0.25, 0.3) is 94.0 Å². The maximum Gasteiger partial charge on any atom is 0.166 e. The molecule has 2 heterocycles. The molecule has 0 saturated carbocycles. The number of aromatic nitrogens is 4. The van der Waals surface area contributed by atoms with E-state index in [1.54, 1.807) is 0 Å². The number of fused-ring (bicyclic) bond motifs is 9. The van der Waals surface area contributed by atoms with Crippen molar-refractivity contribution in [2.24, 2.45) is 0 Å². The maximum atomic E-state index is 5.74. The van der Waals surface area contributed by atoms with Crippen LogP contribution in [0, 0.1) is 0 Å². The normalized spacial score (nSPS) is 11.8. The maximum absolute atomic E-state index is 5.74. The van der Waals surface area contributed by atoms with Gasteiger partial charge in [-0.25, -0.2) is 15.0 Å². The molecule has 0 atom stereocenters. The molecule has 22 heteroatoms. The van der Waals surface area contributed by atoms with Crippen molar-refractivity contribution in [3.05, 3.63) is 60.7 Å². The predicted molar refractivity (Wildman–Crippen MR) is 350 cm³/mol. The van der Waals surface area contributed by atoms with Crippen molar-refractivity contribution >= 4 is 294 Å². The minimum atomic E-state index is 0.671. The summed E-state index contributed by atoms with van der Waals surface area (Å²) in [5, 5.41) is 9.99. The van der Waals surface area contributed by atoms with Crippen LogP contribution in [0.4, 0.5) is 0 Å². The summed E-state index contributed by atoms with van der Waals surface area (Å²) in [6, 6.07) is 22.7. The third-order valence-corrected chi connectivity index (χ3v) is 17.4. The first-order chi connectivity index (χ1) is 31.8. The van der Waals surface area contributed by atoms with E-state index in [2.05, 4.69) is 206 Å². The molecule has 0 bridgehead atoms. The second-order valence-electron chi connectivity index (χ2n) is 20.1. The number of hydrogen-bond acceptors (Lipinski definition) is 3. The summed E-state index contributed by atoms with van der Waals surface area (Å²) in [5.74, 6) is 2.10. The Balaban J connectivity index is 1.49. The highest BCUT2D eigenvalue weighted by molar-refractivity contribution is 6.73. The Morgan fingerprint density at radius 2 is 0.567 bits per heavy atom. The van der Waals surface area contributed by atoms with Crippen molar-refractivity contribution < 1.29 is 0 Å². The van der Waals surface area contributed by atoms with Gasteiger partial charge < -0.3 is 4.57 Å². The third-order valence-electron chi connectivity index (χ3n) is 17.4. The van der Waals surface area contributed by atoms with Crippen molar-refractivity contribution in [1.82, 2.24) is 19.5 Å². The van der Waals surface area contributed by atoms with Crippen molar-refractivity contribution in [2.45, 2.75) is 0 Å². The molecule has 0 aliphatic heterocycles. The molecule has 0 saturated heterocycles. The molecule has 10 aromatic rings. The lowest BCUT2D eigenvalue weighted by molar-refractivity contribution is 1.07. The molecule has 0 amide bonds. The SMILES string of the molecule is Bc1c(B)c(B)c(-c2nc(-c3cc4c5ccccc5c5ccccc5c4cc3-n3c4c(B)c(B)c(B)c(B)c4c4c(B)c(B)c(B)c(B)c43)nc(-c3c(B)c(B)c(B)c(B)c3B)n2)c(B)c1B. The van der Waals surface area contributed by atoms with Gasteiger partial charge in [-0.1, -0.05) is 103 Å². The molecule has 0 unspecified atom stereocenters. The summed E-state index contributed by atoms with van der Waals surface area (Å²) in [4.78, 5) is 17.1. The van der Waals surface area contributed by atoms with Crippen molar-refractivity contribution in [1.29, 1.82) is 0 Å². The van der Waals surface area contributed by atoms with Gasteiger partial charge in [-0.05, 0) is 55.2 Å². The first-order valence-electron chi connectivity index (χ1n) is 24.1. The summed E-state index contributed by atoms with van der Waals surface area (Å²) in [5.41, 5.74) is 29.9. The van der Waals surface area contributed by atoms with Crippen molar-refractivity contribution in [2.75, 3.05) is 0 Å². The van der Waals surface area contributed by atoms with Gasteiger partial charge >= 0.3 is 0 Å². The second-order valence-corrected chi connectivity index (χ2v) is 20.1.